The molecular weight excluding hydrogens is 214 g/mol. The average molecular weight is 235 g/mol. The smallest absolute Gasteiger partial charge is 0.142 e. The molecule has 1 N–H and O–H groups in total. The fourth-order valence-electron chi connectivity index (χ4n) is 2.25. The predicted octanol–water partition coefficient (Wildman–Crippen LogP) is 2.43. The SMILES string of the molecule is CC(C)Oc1ccccc1N1CCCC(O)C1. The first-order chi connectivity index (χ1) is 8.16. The topological polar surface area (TPSA) is 32.7 Å². The fraction of sp³-hybridized carbons (Fsp3) is 0.571. The molecule has 0 amide bonds. The van der Waals surface area contributed by atoms with E-state index in [0.717, 1.165) is 30.8 Å². The van der Waals surface area contributed by atoms with Crippen LogP contribution in [0.3, 0.4) is 0 Å². The summed E-state index contributed by atoms with van der Waals surface area (Å²) in [6, 6.07) is 8.07. The number of anilines is 1. The molecule has 0 aliphatic carbocycles. The van der Waals surface area contributed by atoms with E-state index in [4.69, 9.17) is 4.74 Å². The summed E-state index contributed by atoms with van der Waals surface area (Å²) in [6.07, 6.45) is 1.91. The number of hydrogen-bond acceptors (Lipinski definition) is 3. The first-order valence-corrected chi connectivity index (χ1v) is 6.35. The van der Waals surface area contributed by atoms with Crippen molar-refractivity contribution in [3.63, 3.8) is 0 Å². The maximum Gasteiger partial charge on any atom is 0.142 e. The Labute approximate surface area is 103 Å². The molecule has 1 atom stereocenters. The Morgan fingerprint density at radius 1 is 1.35 bits per heavy atom. The highest BCUT2D eigenvalue weighted by Gasteiger charge is 2.20. The minimum Gasteiger partial charge on any atom is -0.489 e. The number of para-hydroxylation sites is 2. The van der Waals surface area contributed by atoms with Gasteiger partial charge in [-0.05, 0) is 38.8 Å². The fourth-order valence-corrected chi connectivity index (χ4v) is 2.25. The Morgan fingerprint density at radius 3 is 2.82 bits per heavy atom. The highest BCUT2D eigenvalue weighted by atomic mass is 16.5. The Hall–Kier alpha value is -1.22. The summed E-state index contributed by atoms with van der Waals surface area (Å²) >= 11 is 0. The molecule has 1 fully saturated rings. The van der Waals surface area contributed by atoms with Crippen molar-refractivity contribution in [1.29, 1.82) is 0 Å². The van der Waals surface area contributed by atoms with Crippen LogP contribution in [0.2, 0.25) is 0 Å². The summed E-state index contributed by atoms with van der Waals surface area (Å²) in [6.45, 7) is 5.76. The molecule has 94 valence electrons. The van der Waals surface area contributed by atoms with Crippen LogP contribution in [0.25, 0.3) is 0 Å². The first kappa shape index (κ1) is 12.2. The third-order valence-corrected chi connectivity index (χ3v) is 2.97. The Morgan fingerprint density at radius 2 is 2.12 bits per heavy atom. The summed E-state index contributed by atoms with van der Waals surface area (Å²) in [5.41, 5.74) is 1.10. The minimum atomic E-state index is -0.212. The molecule has 0 spiro atoms. The van der Waals surface area contributed by atoms with Crippen LogP contribution < -0.4 is 9.64 Å². The van der Waals surface area contributed by atoms with Crippen LogP contribution in [0.4, 0.5) is 5.69 Å². The van der Waals surface area contributed by atoms with Gasteiger partial charge in [-0.2, -0.15) is 0 Å². The van der Waals surface area contributed by atoms with E-state index in [1.54, 1.807) is 0 Å². The number of ether oxygens (including phenoxy) is 1. The van der Waals surface area contributed by atoms with E-state index in [1.165, 1.54) is 0 Å². The van der Waals surface area contributed by atoms with Gasteiger partial charge in [-0.3, -0.25) is 0 Å². The Kier molecular flexibility index (Phi) is 3.89. The van der Waals surface area contributed by atoms with Crippen molar-refractivity contribution in [1.82, 2.24) is 0 Å². The largest absolute Gasteiger partial charge is 0.489 e. The molecule has 0 saturated carbocycles. The second-order valence-corrected chi connectivity index (χ2v) is 4.88. The van der Waals surface area contributed by atoms with Crippen molar-refractivity contribution in [3.05, 3.63) is 24.3 Å². The van der Waals surface area contributed by atoms with Gasteiger partial charge in [-0.1, -0.05) is 12.1 Å². The molecule has 1 unspecified atom stereocenters. The molecule has 0 aromatic heterocycles. The quantitative estimate of drug-likeness (QED) is 0.873. The Balaban J connectivity index is 2.18. The molecule has 1 heterocycles. The summed E-state index contributed by atoms with van der Waals surface area (Å²) < 4.78 is 5.81. The second-order valence-electron chi connectivity index (χ2n) is 4.88. The molecule has 3 heteroatoms. The van der Waals surface area contributed by atoms with Gasteiger partial charge in [0, 0.05) is 13.1 Å². The van der Waals surface area contributed by atoms with E-state index in [-0.39, 0.29) is 12.2 Å². The molecule has 2 rings (SSSR count). The van der Waals surface area contributed by atoms with E-state index in [1.807, 2.05) is 32.0 Å². The molecule has 0 bridgehead atoms. The van der Waals surface area contributed by atoms with Crippen molar-refractivity contribution >= 4 is 5.69 Å². The first-order valence-electron chi connectivity index (χ1n) is 6.35. The maximum atomic E-state index is 9.73. The average Bonchev–Trinajstić information content (AvgIpc) is 2.29. The zero-order valence-electron chi connectivity index (χ0n) is 10.6. The number of benzene rings is 1. The van der Waals surface area contributed by atoms with Crippen molar-refractivity contribution < 1.29 is 9.84 Å². The van der Waals surface area contributed by atoms with Crippen molar-refractivity contribution in [3.8, 4) is 5.75 Å². The lowest BCUT2D eigenvalue weighted by molar-refractivity contribution is 0.153. The van der Waals surface area contributed by atoms with Gasteiger partial charge in [0.2, 0.25) is 0 Å². The van der Waals surface area contributed by atoms with Gasteiger partial charge in [-0.25, -0.2) is 0 Å². The van der Waals surface area contributed by atoms with Crippen LogP contribution in [0.1, 0.15) is 26.7 Å². The Bertz CT molecular complexity index is 365. The lowest BCUT2D eigenvalue weighted by Crippen LogP contribution is -2.38. The van der Waals surface area contributed by atoms with Crippen LogP contribution >= 0.6 is 0 Å². The molecular formula is C14H21NO2. The number of piperidine rings is 1. The molecule has 1 saturated heterocycles. The van der Waals surface area contributed by atoms with Gasteiger partial charge in [0.05, 0.1) is 17.9 Å². The molecule has 0 radical (unpaired) electrons. The lowest BCUT2D eigenvalue weighted by atomic mass is 10.1. The van der Waals surface area contributed by atoms with Crippen molar-refractivity contribution in [2.24, 2.45) is 0 Å². The number of aliphatic hydroxyl groups is 1. The number of aliphatic hydroxyl groups excluding tert-OH is 1. The van der Waals surface area contributed by atoms with Gasteiger partial charge < -0.3 is 14.7 Å². The summed E-state index contributed by atoms with van der Waals surface area (Å²) in [5.74, 6) is 0.914. The maximum absolute atomic E-state index is 9.73. The van der Waals surface area contributed by atoms with Gasteiger partial charge in [0.15, 0.2) is 0 Å². The van der Waals surface area contributed by atoms with E-state index in [9.17, 15) is 5.11 Å². The van der Waals surface area contributed by atoms with Gasteiger partial charge in [-0.15, -0.1) is 0 Å². The normalized spacial score (nSPS) is 20.7. The highest BCUT2D eigenvalue weighted by Crippen LogP contribution is 2.30. The van der Waals surface area contributed by atoms with Crippen LogP contribution in [0.15, 0.2) is 24.3 Å². The summed E-state index contributed by atoms with van der Waals surface area (Å²) in [7, 11) is 0. The van der Waals surface area contributed by atoms with Gasteiger partial charge in [0.25, 0.3) is 0 Å². The third-order valence-electron chi connectivity index (χ3n) is 2.97. The van der Waals surface area contributed by atoms with E-state index < -0.39 is 0 Å². The zero-order chi connectivity index (χ0) is 12.3. The number of nitrogens with zero attached hydrogens (tertiary/aromatic N) is 1. The van der Waals surface area contributed by atoms with Gasteiger partial charge >= 0.3 is 0 Å². The third kappa shape index (κ3) is 3.13. The number of rotatable bonds is 3. The van der Waals surface area contributed by atoms with E-state index >= 15 is 0 Å². The molecule has 17 heavy (non-hydrogen) atoms. The molecule has 1 aliphatic rings. The second kappa shape index (κ2) is 5.41. The standard InChI is InChI=1S/C14H21NO2/c1-11(2)17-14-8-4-3-7-13(14)15-9-5-6-12(16)10-15/h3-4,7-8,11-12,16H,5-6,9-10H2,1-2H3. The monoisotopic (exact) mass is 235 g/mol. The molecule has 1 aromatic rings. The summed E-state index contributed by atoms with van der Waals surface area (Å²) in [5, 5.41) is 9.73. The van der Waals surface area contributed by atoms with Crippen LogP contribution in [0.5, 0.6) is 5.75 Å². The van der Waals surface area contributed by atoms with Crippen molar-refractivity contribution in [2.45, 2.75) is 38.9 Å². The van der Waals surface area contributed by atoms with Crippen LogP contribution in [0, 0.1) is 0 Å². The lowest BCUT2D eigenvalue weighted by Gasteiger charge is -2.33. The molecule has 3 nitrogen and oxygen atoms in total. The summed E-state index contributed by atoms with van der Waals surface area (Å²) in [4.78, 5) is 2.21. The number of hydrogen-bond donors (Lipinski definition) is 1. The highest BCUT2D eigenvalue weighted by molar-refractivity contribution is 5.58. The molecule has 1 aliphatic heterocycles. The van der Waals surface area contributed by atoms with Crippen LogP contribution in [-0.2, 0) is 0 Å². The van der Waals surface area contributed by atoms with E-state index in [0.29, 0.717) is 6.54 Å². The number of β-amino-alcohol motifs (C(OH)–C–C–N with tert-alkyl or cyclic N) is 1. The van der Waals surface area contributed by atoms with Crippen LogP contribution in [-0.4, -0.2) is 30.4 Å². The minimum absolute atomic E-state index is 0.172. The van der Waals surface area contributed by atoms with Gasteiger partial charge in [0.1, 0.15) is 5.75 Å². The zero-order valence-corrected chi connectivity index (χ0v) is 10.6. The van der Waals surface area contributed by atoms with E-state index in [2.05, 4.69) is 11.0 Å². The predicted molar refractivity (Wildman–Crippen MR) is 69.7 cm³/mol. The van der Waals surface area contributed by atoms with Crippen molar-refractivity contribution in [2.75, 3.05) is 18.0 Å². The molecule has 1 aromatic carbocycles.